The maximum atomic E-state index is 4.10. The minimum Gasteiger partial charge on any atom is -0.249 e. The van der Waals surface area contributed by atoms with Crippen molar-refractivity contribution in [3.05, 3.63) is 22.2 Å². The number of nitrogens with zero attached hydrogens (tertiary/aromatic N) is 1. The van der Waals surface area contributed by atoms with Gasteiger partial charge >= 0.3 is 0 Å². The predicted molar refractivity (Wildman–Crippen MR) is 41.6 cm³/mol. The maximum Gasteiger partial charge on any atom is 0.0801 e. The number of allylic oxidation sites excluding steroid dienone is 1. The van der Waals surface area contributed by atoms with Crippen molar-refractivity contribution in [2.45, 2.75) is 13.8 Å². The van der Waals surface area contributed by atoms with Gasteiger partial charge in [-0.3, -0.25) is 0 Å². The molecule has 0 N–H and O–H groups in total. The molecule has 0 atom stereocenters. The third-order valence-corrected chi connectivity index (χ3v) is 2.00. The molecule has 1 nitrogen and oxygen atoms in total. The monoisotopic (exact) mass is 139 g/mol. The lowest BCUT2D eigenvalue weighted by atomic mass is 10.4. The molecule has 1 aromatic heterocycles. The summed E-state index contributed by atoms with van der Waals surface area (Å²) in [4.78, 5) is 5.36. The van der Waals surface area contributed by atoms with E-state index in [4.69, 9.17) is 0 Å². The quantitative estimate of drug-likeness (QED) is 0.582. The largest absolute Gasteiger partial charge is 0.249 e. The maximum absolute atomic E-state index is 4.10. The smallest absolute Gasteiger partial charge is 0.0801 e. The van der Waals surface area contributed by atoms with Gasteiger partial charge in [0.1, 0.15) is 0 Å². The lowest BCUT2D eigenvalue weighted by molar-refractivity contribution is 1.26. The lowest BCUT2D eigenvalue weighted by Gasteiger charge is -1.82. The van der Waals surface area contributed by atoms with Gasteiger partial charge in [-0.1, -0.05) is 6.08 Å². The Balaban J connectivity index is 2.94. The molecule has 9 heavy (non-hydrogen) atoms. The third-order valence-electron chi connectivity index (χ3n) is 1.10. The summed E-state index contributed by atoms with van der Waals surface area (Å²) in [5.41, 5.74) is 2.99. The summed E-state index contributed by atoms with van der Waals surface area (Å²) in [6.07, 6.45) is 4.10. The summed E-state index contributed by atoms with van der Waals surface area (Å²) >= 11 is 1.68. The molecule has 0 fully saturated rings. The molecule has 1 rings (SSSR count). The molecule has 48 valence electrons. The Kier molecular flexibility index (Phi) is 2.01. The predicted octanol–water partition coefficient (Wildman–Crippen LogP) is 2.48. The molecular formula is C7H9NS. The van der Waals surface area contributed by atoms with Crippen molar-refractivity contribution >= 4 is 17.4 Å². The Morgan fingerprint density at radius 1 is 1.67 bits per heavy atom. The van der Waals surface area contributed by atoms with Crippen molar-refractivity contribution < 1.29 is 0 Å². The summed E-state index contributed by atoms with van der Waals surface area (Å²) in [5.74, 6) is 0. The summed E-state index contributed by atoms with van der Waals surface area (Å²) in [6.45, 7) is 4.03. The molecule has 1 heterocycles. The zero-order valence-electron chi connectivity index (χ0n) is 5.59. The molecule has 2 heteroatoms. The van der Waals surface area contributed by atoms with Crippen LogP contribution in [-0.4, -0.2) is 4.98 Å². The van der Waals surface area contributed by atoms with Crippen LogP contribution in [-0.2, 0) is 0 Å². The topological polar surface area (TPSA) is 12.9 Å². The summed E-state index contributed by atoms with van der Waals surface area (Å²) in [6, 6.07) is 0. The van der Waals surface area contributed by atoms with E-state index in [0.29, 0.717) is 0 Å². The second-order valence-electron chi connectivity index (χ2n) is 1.80. The van der Waals surface area contributed by atoms with Gasteiger partial charge in [0.25, 0.3) is 0 Å². The summed E-state index contributed by atoms with van der Waals surface area (Å²) < 4.78 is 0. The van der Waals surface area contributed by atoms with Gasteiger partial charge < -0.3 is 0 Å². The van der Waals surface area contributed by atoms with Gasteiger partial charge in [0.15, 0.2) is 0 Å². The van der Waals surface area contributed by atoms with Crippen molar-refractivity contribution in [2.75, 3.05) is 0 Å². The van der Waals surface area contributed by atoms with Crippen LogP contribution in [0.3, 0.4) is 0 Å². The molecular weight excluding hydrogens is 130 g/mol. The molecule has 0 aromatic carbocycles. The highest BCUT2D eigenvalue weighted by Gasteiger charge is 1.92. The Bertz CT molecular complexity index is 212. The molecule has 0 radical (unpaired) electrons. The standard InChI is InChI=1S/C7H9NS/c1-3-4-7-6(2)8-5-9-7/h3-5H,1-2H3/b4-3+. The first-order chi connectivity index (χ1) is 4.34. The summed E-state index contributed by atoms with van der Waals surface area (Å²) in [7, 11) is 0. The van der Waals surface area contributed by atoms with Gasteiger partial charge in [-0.25, -0.2) is 4.98 Å². The van der Waals surface area contributed by atoms with Gasteiger partial charge in [-0.05, 0) is 19.9 Å². The van der Waals surface area contributed by atoms with Crippen LogP contribution in [0.25, 0.3) is 6.08 Å². The van der Waals surface area contributed by atoms with Gasteiger partial charge in [0.05, 0.1) is 11.2 Å². The van der Waals surface area contributed by atoms with Crippen molar-refractivity contribution in [3.63, 3.8) is 0 Å². The van der Waals surface area contributed by atoms with Crippen LogP contribution in [0.1, 0.15) is 17.5 Å². The van der Waals surface area contributed by atoms with Crippen LogP contribution in [0, 0.1) is 6.92 Å². The van der Waals surface area contributed by atoms with E-state index >= 15 is 0 Å². The van der Waals surface area contributed by atoms with E-state index in [2.05, 4.69) is 11.1 Å². The minimum absolute atomic E-state index is 1.12. The lowest BCUT2D eigenvalue weighted by Crippen LogP contribution is -1.69. The minimum atomic E-state index is 1.12. The number of thiazole rings is 1. The fraction of sp³-hybridized carbons (Fsp3) is 0.286. The number of rotatable bonds is 1. The highest BCUT2D eigenvalue weighted by molar-refractivity contribution is 7.10. The highest BCUT2D eigenvalue weighted by atomic mass is 32.1. The number of aryl methyl sites for hydroxylation is 1. The molecule has 0 saturated carbocycles. The molecule has 0 aliphatic rings. The van der Waals surface area contributed by atoms with Crippen LogP contribution in [0.2, 0.25) is 0 Å². The van der Waals surface area contributed by atoms with Gasteiger partial charge in [-0.2, -0.15) is 0 Å². The Morgan fingerprint density at radius 2 is 2.44 bits per heavy atom. The molecule has 0 aliphatic carbocycles. The number of hydrogen-bond donors (Lipinski definition) is 0. The first kappa shape index (κ1) is 6.49. The van der Waals surface area contributed by atoms with Crippen LogP contribution < -0.4 is 0 Å². The van der Waals surface area contributed by atoms with E-state index in [1.165, 1.54) is 4.88 Å². The zero-order valence-corrected chi connectivity index (χ0v) is 6.40. The van der Waals surface area contributed by atoms with Crippen molar-refractivity contribution in [1.82, 2.24) is 4.98 Å². The van der Waals surface area contributed by atoms with Crippen LogP contribution >= 0.6 is 11.3 Å². The normalized spacial score (nSPS) is 10.9. The van der Waals surface area contributed by atoms with Crippen molar-refractivity contribution in [2.24, 2.45) is 0 Å². The molecule has 0 unspecified atom stereocenters. The average Bonchev–Trinajstić information content (AvgIpc) is 2.18. The zero-order chi connectivity index (χ0) is 6.69. The molecule has 0 bridgehead atoms. The molecule has 1 aromatic rings. The second kappa shape index (κ2) is 2.78. The van der Waals surface area contributed by atoms with E-state index in [-0.39, 0.29) is 0 Å². The molecule has 0 aliphatic heterocycles. The Hall–Kier alpha value is -0.630. The van der Waals surface area contributed by atoms with Crippen LogP contribution in [0.5, 0.6) is 0 Å². The second-order valence-corrected chi connectivity index (χ2v) is 2.69. The van der Waals surface area contributed by atoms with Crippen molar-refractivity contribution in [1.29, 1.82) is 0 Å². The van der Waals surface area contributed by atoms with E-state index in [9.17, 15) is 0 Å². The first-order valence-corrected chi connectivity index (χ1v) is 3.75. The van der Waals surface area contributed by atoms with E-state index in [1.807, 2.05) is 25.4 Å². The average molecular weight is 139 g/mol. The third kappa shape index (κ3) is 1.39. The molecule has 0 amide bonds. The number of aromatic nitrogens is 1. The Labute approximate surface area is 59.1 Å². The van der Waals surface area contributed by atoms with Gasteiger partial charge in [0, 0.05) is 4.88 Å². The fourth-order valence-corrected chi connectivity index (χ4v) is 1.38. The molecule has 0 saturated heterocycles. The Morgan fingerprint density at radius 3 is 2.89 bits per heavy atom. The first-order valence-electron chi connectivity index (χ1n) is 2.87. The number of hydrogen-bond acceptors (Lipinski definition) is 2. The van der Waals surface area contributed by atoms with Gasteiger partial charge in [0.2, 0.25) is 0 Å². The van der Waals surface area contributed by atoms with E-state index < -0.39 is 0 Å². The van der Waals surface area contributed by atoms with Crippen molar-refractivity contribution in [3.8, 4) is 0 Å². The fourth-order valence-electron chi connectivity index (χ4n) is 0.622. The summed E-state index contributed by atoms with van der Waals surface area (Å²) in [5, 5.41) is 0. The van der Waals surface area contributed by atoms with E-state index in [0.717, 1.165) is 5.69 Å². The van der Waals surface area contributed by atoms with Gasteiger partial charge in [-0.15, -0.1) is 11.3 Å². The SMILES string of the molecule is C/C=C/c1scnc1C. The molecule has 0 spiro atoms. The van der Waals surface area contributed by atoms with Crippen LogP contribution in [0.15, 0.2) is 11.6 Å². The van der Waals surface area contributed by atoms with E-state index in [1.54, 1.807) is 11.3 Å². The highest BCUT2D eigenvalue weighted by Crippen LogP contribution is 2.12. The van der Waals surface area contributed by atoms with Crippen LogP contribution in [0.4, 0.5) is 0 Å².